The van der Waals surface area contributed by atoms with Crippen LogP contribution in [0.1, 0.15) is 18.9 Å². The highest BCUT2D eigenvalue weighted by molar-refractivity contribution is 7.92. The number of hydrogen-bond donors (Lipinski definition) is 2. The van der Waals surface area contributed by atoms with Gasteiger partial charge in [0, 0.05) is 23.2 Å². The van der Waals surface area contributed by atoms with E-state index in [-0.39, 0.29) is 11.7 Å². The highest BCUT2D eigenvalue weighted by Crippen LogP contribution is 2.29. The van der Waals surface area contributed by atoms with Crippen LogP contribution in [0.3, 0.4) is 0 Å². The minimum atomic E-state index is -3.41. The Kier molecular flexibility index (Phi) is 6.88. The van der Waals surface area contributed by atoms with Crippen molar-refractivity contribution < 1.29 is 17.9 Å². The van der Waals surface area contributed by atoms with Crippen LogP contribution in [0.2, 0.25) is 5.02 Å². The molecule has 0 unspecified atom stereocenters. The first kappa shape index (κ1) is 20.1. The molecule has 2 rings (SSSR count). The average Bonchev–Trinajstić information content (AvgIpc) is 2.61. The third-order valence-corrected chi connectivity index (χ3v) is 5.19. The number of anilines is 2. The van der Waals surface area contributed by atoms with Gasteiger partial charge in [-0.15, -0.1) is 0 Å². The Morgan fingerprint density at radius 1 is 1.19 bits per heavy atom. The van der Waals surface area contributed by atoms with E-state index in [1.165, 1.54) is 7.11 Å². The van der Waals surface area contributed by atoms with Gasteiger partial charge in [0.05, 0.1) is 18.6 Å². The van der Waals surface area contributed by atoms with E-state index in [0.717, 1.165) is 5.56 Å². The van der Waals surface area contributed by atoms with Crippen molar-refractivity contribution >= 4 is 38.9 Å². The Labute approximate surface area is 158 Å². The third-order valence-electron chi connectivity index (χ3n) is 3.66. The second-order valence-electron chi connectivity index (χ2n) is 5.60. The summed E-state index contributed by atoms with van der Waals surface area (Å²) < 4.78 is 31.0. The molecule has 0 atom stereocenters. The summed E-state index contributed by atoms with van der Waals surface area (Å²) in [7, 11) is -1.98. The molecule has 2 aromatic rings. The molecule has 6 nitrogen and oxygen atoms in total. The Morgan fingerprint density at radius 2 is 1.96 bits per heavy atom. The molecule has 0 bridgehead atoms. The van der Waals surface area contributed by atoms with Gasteiger partial charge in [-0.2, -0.15) is 0 Å². The molecule has 140 valence electrons. The highest BCUT2D eigenvalue weighted by atomic mass is 35.5. The monoisotopic (exact) mass is 396 g/mol. The number of halogens is 1. The molecule has 0 spiro atoms. The van der Waals surface area contributed by atoms with Crippen LogP contribution < -0.4 is 14.8 Å². The second-order valence-corrected chi connectivity index (χ2v) is 8.05. The van der Waals surface area contributed by atoms with Gasteiger partial charge in [-0.1, -0.05) is 23.7 Å². The van der Waals surface area contributed by atoms with Crippen LogP contribution in [0.15, 0.2) is 42.5 Å². The zero-order chi connectivity index (χ0) is 19.2. The lowest BCUT2D eigenvalue weighted by molar-refractivity contribution is -0.116. The summed E-state index contributed by atoms with van der Waals surface area (Å²) in [5.41, 5.74) is 1.83. The first-order valence-electron chi connectivity index (χ1n) is 8.06. The third kappa shape index (κ3) is 5.93. The molecule has 2 aromatic carbocycles. The minimum Gasteiger partial charge on any atom is -0.494 e. The smallest absolute Gasteiger partial charge is 0.232 e. The van der Waals surface area contributed by atoms with E-state index < -0.39 is 10.0 Å². The van der Waals surface area contributed by atoms with Gasteiger partial charge in [-0.25, -0.2) is 8.42 Å². The Bertz CT molecular complexity index is 885. The predicted octanol–water partition coefficient (Wildman–Crippen LogP) is 3.68. The molecule has 0 saturated heterocycles. The molecule has 1 amide bonds. The molecule has 0 aromatic heterocycles. The number of sulfonamides is 1. The summed E-state index contributed by atoms with van der Waals surface area (Å²) in [6.07, 6.45) is 0.866. The molecule has 0 aliphatic carbocycles. The average molecular weight is 397 g/mol. The van der Waals surface area contributed by atoms with Crippen LogP contribution in [0, 0.1) is 0 Å². The van der Waals surface area contributed by atoms with E-state index in [1.807, 2.05) is 18.2 Å². The fourth-order valence-corrected chi connectivity index (χ4v) is 3.13. The topological polar surface area (TPSA) is 84.5 Å². The van der Waals surface area contributed by atoms with Crippen LogP contribution in [0.4, 0.5) is 11.4 Å². The summed E-state index contributed by atoms with van der Waals surface area (Å²) in [6, 6.07) is 12.1. The SMILES string of the molecule is CCS(=O)(=O)Nc1ccc(NC(=O)CCc2cccc(Cl)c2)cc1OC. The van der Waals surface area contributed by atoms with Crippen molar-refractivity contribution in [3.05, 3.63) is 53.1 Å². The maximum atomic E-state index is 12.1. The van der Waals surface area contributed by atoms with Crippen LogP contribution in [0.5, 0.6) is 5.75 Å². The molecule has 0 radical (unpaired) electrons. The van der Waals surface area contributed by atoms with Crippen molar-refractivity contribution in [1.82, 2.24) is 0 Å². The van der Waals surface area contributed by atoms with E-state index in [0.29, 0.717) is 35.0 Å². The summed E-state index contributed by atoms with van der Waals surface area (Å²) in [5.74, 6) is 0.126. The lowest BCUT2D eigenvalue weighted by Gasteiger charge is -2.13. The molecular formula is C18H21ClN2O4S. The van der Waals surface area contributed by atoms with Gasteiger partial charge >= 0.3 is 0 Å². The van der Waals surface area contributed by atoms with Crippen molar-refractivity contribution in [2.45, 2.75) is 19.8 Å². The number of rotatable bonds is 8. The van der Waals surface area contributed by atoms with Crippen molar-refractivity contribution in [3.8, 4) is 5.75 Å². The number of carbonyl (C=O) groups excluding carboxylic acids is 1. The van der Waals surface area contributed by atoms with Crippen LogP contribution in [-0.2, 0) is 21.2 Å². The second kappa shape index (κ2) is 8.91. The quantitative estimate of drug-likeness (QED) is 0.712. The molecule has 0 aliphatic heterocycles. The van der Waals surface area contributed by atoms with Crippen molar-refractivity contribution in [1.29, 1.82) is 0 Å². The van der Waals surface area contributed by atoms with Crippen LogP contribution in [0.25, 0.3) is 0 Å². The maximum absolute atomic E-state index is 12.1. The molecule has 8 heteroatoms. The zero-order valence-corrected chi connectivity index (χ0v) is 16.2. The largest absolute Gasteiger partial charge is 0.494 e. The lowest BCUT2D eigenvalue weighted by Crippen LogP contribution is -2.16. The highest BCUT2D eigenvalue weighted by Gasteiger charge is 2.12. The number of carbonyl (C=O) groups is 1. The fourth-order valence-electron chi connectivity index (χ4n) is 2.27. The maximum Gasteiger partial charge on any atom is 0.232 e. The summed E-state index contributed by atoms with van der Waals surface area (Å²) in [6.45, 7) is 1.54. The molecule has 0 fully saturated rings. The summed E-state index contributed by atoms with van der Waals surface area (Å²) >= 11 is 5.93. The summed E-state index contributed by atoms with van der Waals surface area (Å²) in [4.78, 5) is 12.1. The zero-order valence-electron chi connectivity index (χ0n) is 14.6. The predicted molar refractivity (Wildman–Crippen MR) is 104 cm³/mol. The number of benzene rings is 2. The van der Waals surface area contributed by atoms with E-state index in [2.05, 4.69) is 10.0 Å². The number of hydrogen-bond acceptors (Lipinski definition) is 4. The number of methoxy groups -OCH3 is 1. The van der Waals surface area contributed by atoms with Crippen molar-refractivity contribution in [3.63, 3.8) is 0 Å². The van der Waals surface area contributed by atoms with Gasteiger partial charge in [-0.3, -0.25) is 9.52 Å². The van der Waals surface area contributed by atoms with E-state index in [4.69, 9.17) is 16.3 Å². The molecule has 2 N–H and O–H groups in total. The molecular weight excluding hydrogens is 376 g/mol. The number of amides is 1. The normalized spacial score (nSPS) is 11.0. The van der Waals surface area contributed by atoms with Gasteiger partial charge < -0.3 is 10.1 Å². The van der Waals surface area contributed by atoms with Gasteiger partial charge in [0.15, 0.2) is 0 Å². The Morgan fingerprint density at radius 3 is 2.62 bits per heavy atom. The lowest BCUT2D eigenvalue weighted by atomic mass is 10.1. The number of nitrogens with one attached hydrogen (secondary N) is 2. The fraction of sp³-hybridized carbons (Fsp3) is 0.278. The van der Waals surface area contributed by atoms with Crippen LogP contribution in [-0.4, -0.2) is 27.2 Å². The van der Waals surface area contributed by atoms with Gasteiger partial charge in [-0.05, 0) is 43.2 Å². The molecule has 26 heavy (non-hydrogen) atoms. The van der Waals surface area contributed by atoms with E-state index >= 15 is 0 Å². The minimum absolute atomic E-state index is 0.0435. The van der Waals surface area contributed by atoms with Crippen LogP contribution >= 0.6 is 11.6 Å². The van der Waals surface area contributed by atoms with Crippen molar-refractivity contribution in [2.24, 2.45) is 0 Å². The number of aryl methyl sites for hydroxylation is 1. The first-order valence-corrected chi connectivity index (χ1v) is 10.1. The Balaban J connectivity index is 2.01. The van der Waals surface area contributed by atoms with Gasteiger partial charge in [0.1, 0.15) is 5.75 Å². The van der Waals surface area contributed by atoms with Crippen molar-refractivity contribution in [2.75, 3.05) is 22.9 Å². The first-order chi connectivity index (χ1) is 12.3. The standard InChI is InChI=1S/C18H21ClN2O4S/c1-3-26(23,24)21-16-9-8-15(12-17(16)25-2)20-18(22)10-7-13-5-4-6-14(19)11-13/h4-6,8-9,11-12,21H,3,7,10H2,1-2H3,(H,20,22). The summed E-state index contributed by atoms with van der Waals surface area (Å²) in [5, 5.41) is 3.41. The number of ether oxygens (including phenoxy) is 1. The van der Waals surface area contributed by atoms with Gasteiger partial charge in [0.2, 0.25) is 15.9 Å². The van der Waals surface area contributed by atoms with Gasteiger partial charge in [0.25, 0.3) is 0 Å². The molecule has 0 heterocycles. The Hall–Kier alpha value is -2.25. The molecule has 0 saturated carbocycles. The molecule has 0 aliphatic rings. The van der Waals surface area contributed by atoms with E-state index in [9.17, 15) is 13.2 Å². The van der Waals surface area contributed by atoms with E-state index in [1.54, 1.807) is 31.2 Å².